The van der Waals surface area contributed by atoms with Gasteiger partial charge in [-0.2, -0.15) is 52.7 Å². The summed E-state index contributed by atoms with van der Waals surface area (Å²) in [7, 11) is 0. The van der Waals surface area contributed by atoms with Crippen molar-refractivity contribution < 1.29 is 52.7 Å². The molecule has 0 aliphatic heterocycles. The number of aryl methyl sites for hydroxylation is 1. The summed E-state index contributed by atoms with van der Waals surface area (Å²) in [5.41, 5.74) is 2.00. The van der Waals surface area contributed by atoms with Gasteiger partial charge in [0.1, 0.15) is 16.2 Å². The number of halogens is 14. The number of hydrogen-bond acceptors (Lipinski definition) is 0. The summed E-state index contributed by atoms with van der Waals surface area (Å²) in [6, 6.07) is 60.9. The minimum atomic E-state index is -4.83. The molecule has 530 valence electrons. The zero-order valence-electron chi connectivity index (χ0n) is 58.1. The van der Waals surface area contributed by atoms with Crippen molar-refractivity contribution in [2.75, 3.05) is 10.7 Å². The van der Waals surface area contributed by atoms with Gasteiger partial charge in [-0.3, -0.25) is 0 Å². The molecular formula is C88H80Br2F12. The van der Waals surface area contributed by atoms with Gasteiger partial charge in [-0.15, -0.1) is 0 Å². The van der Waals surface area contributed by atoms with Crippen LogP contribution in [-0.2, 0) is 32.5 Å². The van der Waals surface area contributed by atoms with E-state index in [1.54, 1.807) is 109 Å². The first kappa shape index (κ1) is 74.1. The van der Waals surface area contributed by atoms with Crippen LogP contribution < -0.4 is 0 Å². The first-order valence-electron chi connectivity index (χ1n) is 34.6. The van der Waals surface area contributed by atoms with Crippen molar-refractivity contribution in [1.82, 2.24) is 0 Å². The van der Waals surface area contributed by atoms with Gasteiger partial charge < -0.3 is 0 Å². The topological polar surface area (TPSA) is 0 Å². The Balaban J connectivity index is 0.838. The van der Waals surface area contributed by atoms with E-state index in [1.807, 2.05) is 69.3 Å². The van der Waals surface area contributed by atoms with Gasteiger partial charge in [0.05, 0.1) is 5.41 Å². The molecule has 10 aromatic carbocycles. The largest absolute Gasteiger partial charge is 0.402 e. The lowest BCUT2D eigenvalue weighted by atomic mass is 9.68. The number of benzene rings is 10. The highest BCUT2D eigenvalue weighted by Gasteiger charge is 2.59. The first-order valence-corrected chi connectivity index (χ1v) is 36.9. The molecule has 3 atom stereocenters. The van der Waals surface area contributed by atoms with Crippen molar-refractivity contribution in [2.24, 2.45) is 0 Å². The second kappa shape index (κ2) is 27.4. The average molecular weight is 1530 g/mol. The van der Waals surface area contributed by atoms with Crippen LogP contribution in [0.25, 0.3) is 66.8 Å². The number of fused-ring (bicyclic) bond motifs is 6. The molecule has 12 rings (SSSR count). The van der Waals surface area contributed by atoms with Gasteiger partial charge >= 0.3 is 24.7 Å². The highest BCUT2D eigenvalue weighted by atomic mass is 79.9. The van der Waals surface area contributed by atoms with E-state index in [9.17, 15) is 13.2 Å². The van der Waals surface area contributed by atoms with Gasteiger partial charge in [-0.1, -0.05) is 297 Å². The molecule has 3 unspecified atom stereocenters. The van der Waals surface area contributed by atoms with Crippen LogP contribution in [0.3, 0.4) is 0 Å². The first-order chi connectivity index (χ1) is 48.0. The molecule has 2 aliphatic carbocycles. The fraction of sp³-hybridized carbons (Fsp3) is 0.318. The molecule has 2 aliphatic rings. The molecule has 0 saturated carbocycles. The monoisotopic (exact) mass is 1520 g/mol. The number of alkyl halides is 14. The molecule has 0 amide bonds. The summed E-state index contributed by atoms with van der Waals surface area (Å²) in [5, 5.41) is 1.29. The van der Waals surface area contributed by atoms with Crippen molar-refractivity contribution >= 4 is 31.9 Å². The Labute approximate surface area is 607 Å². The maximum Gasteiger partial charge on any atom is 0.402 e. The molecule has 102 heavy (non-hydrogen) atoms. The Hall–Kier alpha value is -7.68. The molecule has 0 N–H and O–H groups in total. The van der Waals surface area contributed by atoms with E-state index in [-0.39, 0.29) is 58.2 Å². The molecule has 14 heteroatoms. The molecule has 0 spiro atoms. The number of unbranched alkanes of at least 4 members (excludes halogenated alkanes) is 4. The quantitative estimate of drug-likeness (QED) is 0.0382. The van der Waals surface area contributed by atoms with Gasteiger partial charge in [0.2, 0.25) is 0 Å². The standard InChI is InChI=1S/C88H80Br2F12/c1-55-21-41-71-73-43-39-69(53-77(73)79(2,3)75(71)49-55)83(87(97,98)99,45-11-9-13-47-89)66-34-26-58(27-35-66)62-19-16-20-63(51-62)59-28-36-67(37-29-59)84(88(100,101)102,46-12-10-14-48-90)70-40-44-74-72-42-38-68(52-76(72)80(4,5)78(74)54-70)82(8,86(94,95)96)65-32-24-57(25-33-65)61-18-15-17-60(50-61)56-22-30-64(31-23-56)81(6,7)85(91,92)93/h15-44,49-54H,9-14,45-48H2,1-8H3. The van der Waals surface area contributed by atoms with E-state index in [4.69, 9.17) is 0 Å². The van der Waals surface area contributed by atoms with Gasteiger partial charge in [0.25, 0.3) is 0 Å². The lowest BCUT2D eigenvalue weighted by Gasteiger charge is -2.38. The molecule has 0 radical (unpaired) electrons. The van der Waals surface area contributed by atoms with Crippen LogP contribution in [0.5, 0.6) is 0 Å². The fourth-order valence-corrected chi connectivity index (χ4v) is 16.8. The summed E-state index contributed by atoms with van der Waals surface area (Å²) in [5.74, 6) is 0. The summed E-state index contributed by atoms with van der Waals surface area (Å²) in [4.78, 5) is 0. The van der Waals surface area contributed by atoms with Gasteiger partial charge in [-0.25, -0.2) is 0 Å². The lowest BCUT2D eigenvalue weighted by Crippen LogP contribution is -2.43. The van der Waals surface area contributed by atoms with E-state index >= 15 is 39.5 Å². The minimum Gasteiger partial charge on any atom is -0.170 e. The van der Waals surface area contributed by atoms with Gasteiger partial charge in [-0.05, 0) is 193 Å². The highest BCUT2D eigenvalue weighted by Crippen LogP contribution is 2.59. The Morgan fingerprint density at radius 1 is 0.284 bits per heavy atom. The van der Waals surface area contributed by atoms with Gasteiger partial charge in [0, 0.05) is 21.5 Å². The smallest absolute Gasteiger partial charge is 0.170 e. The number of hydrogen-bond donors (Lipinski definition) is 0. The van der Waals surface area contributed by atoms with E-state index in [2.05, 4.69) is 57.8 Å². The molecule has 0 aromatic heterocycles. The van der Waals surface area contributed by atoms with Crippen molar-refractivity contribution in [3.8, 4) is 66.8 Å². The van der Waals surface area contributed by atoms with Crippen LogP contribution in [0.15, 0.2) is 218 Å². The van der Waals surface area contributed by atoms with Crippen LogP contribution in [0, 0.1) is 6.92 Å². The third-order valence-corrected chi connectivity index (χ3v) is 23.7. The van der Waals surface area contributed by atoms with E-state index in [0.717, 1.165) is 55.0 Å². The molecule has 10 aromatic rings. The third-order valence-electron chi connectivity index (χ3n) is 22.6. The number of rotatable bonds is 21. The highest BCUT2D eigenvalue weighted by molar-refractivity contribution is 9.09. The van der Waals surface area contributed by atoms with Gasteiger partial charge in [0.15, 0.2) is 0 Å². The molecule has 0 saturated heterocycles. The van der Waals surface area contributed by atoms with E-state index in [0.29, 0.717) is 103 Å². The zero-order chi connectivity index (χ0) is 73.4. The molecule has 0 nitrogen and oxygen atoms in total. The van der Waals surface area contributed by atoms with Crippen LogP contribution in [0.1, 0.15) is 167 Å². The van der Waals surface area contributed by atoms with E-state index < -0.39 is 57.2 Å². The van der Waals surface area contributed by atoms with Crippen molar-refractivity contribution in [1.29, 1.82) is 0 Å². The van der Waals surface area contributed by atoms with E-state index in [1.165, 1.54) is 48.5 Å². The SMILES string of the molecule is Cc1ccc2c(c1)C(C)(C)c1cc(C(CCCCCBr)(c3ccc(-c4cccc(-c5ccc(C(CCCCCBr)(c6ccc7c(c6)C(C)(C)c6cc(C(C)(c8ccc(-c9cccc(-c%10ccc(C(C)(C)C(F)(F)F)cc%10)c9)cc8)C(F)(F)F)ccc6-7)C(F)(F)F)cc5)c4)cc3)C(F)(F)F)ccc1-2. The van der Waals surface area contributed by atoms with Crippen molar-refractivity contribution in [3.63, 3.8) is 0 Å². The molecule has 0 heterocycles. The summed E-state index contributed by atoms with van der Waals surface area (Å²) in [6.45, 7) is 13.2. The Morgan fingerprint density at radius 3 is 0.922 bits per heavy atom. The lowest BCUT2D eigenvalue weighted by molar-refractivity contribution is -0.181. The zero-order valence-corrected chi connectivity index (χ0v) is 61.3. The second-order valence-electron chi connectivity index (χ2n) is 29.6. The average Bonchev–Trinajstić information content (AvgIpc) is 1.52. The molecule has 0 bridgehead atoms. The maximum absolute atomic E-state index is 16.8. The second-order valence-corrected chi connectivity index (χ2v) is 31.2. The Morgan fingerprint density at radius 2 is 0.588 bits per heavy atom. The predicted molar refractivity (Wildman–Crippen MR) is 397 cm³/mol. The maximum atomic E-state index is 16.8. The van der Waals surface area contributed by atoms with Crippen LogP contribution >= 0.6 is 31.9 Å². The van der Waals surface area contributed by atoms with Crippen LogP contribution in [0.2, 0.25) is 0 Å². The van der Waals surface area contributed by atoms with Crippen molar-refractivity contribution in [3.05, 3.63) is 285 Å². The van der Waals surface area contributed by atoms with Crippen LogP contribution in [0.4, 0.5) is 52.7 Å². The third kappa shape index (κ3) is 12.9. The molecular weight excluding hydrogens is 1440 g/mol. The minimum absolute atomic E-state index is 0.00895. The Bertz CT molecular complexity index is 4710. The molecule has 0 fully saturated rings. The predicted octanol–water partition coefficient (Wildman–Crippen LogP) is 27.6. The summed E-state index contributed by atoms with van der Waals surface area (Å²) in [6.07, 6.45) is -16.1. The van der Waals surface area contributed by atoms with Crippen molar-refractivity contribution in [2.45, 2.75) is 164 Å². The van der Waals surface area contributed by atoms with Crippen LogP contribution in [-0.4, -0.2) is 35.4 Å². The normalized spacial score (nSPS) is 15.9. The summed E-state index contributed by atoms with van der Waals surface area (Å²) >= 11 is 6.91. The summed E-state index contributed by atoms with van der Waals surface area (Å²) < 4.78 is 189. The Kier molecular flexibility index (Phi) is 19.9. The fourth-order valence-electron chi connectivity index (χ4n) is 16.0.